The van der Waals surface area contributed by atoms with Gasteiger partial charge >= 0.3 is 5.97 Å². The zero-order valence-electron chi connectivity index (χ0n) is 9.44. The van der Waals surface area contributed by atoms with Crippen LogP contribution in [0.4, 0.5) is 0 Å². The van der Waals surface area contributed by atoms with Crippen molar-refractivity contribution >= 4 is 5.97 Å². The quantitative estimate of drug-likeness (QED) is 0.768. The lowest BCUT2D eigenvalue weighted by molar-refractivity contribution is -0.136. The van der Waals surface area contributed by atoms with Crippen LogP contribution in [0.25, 0.3) is 0 Å². The summed E-state index contributed by atoms with van der Waals surface area (Å²) in [6, 6.07) is 10.1. The Hall–Kier alpha value is -1.61. The standard InChI is InChI=1S/C13H15NO2/c1-9-8-11(13(15)16-2)12(14-9)10-6-4-3-5-7-10/h3-9,12,14H,1-2H3/t9-,12+/m1/s1. The maximum absolute atomic E-state index is 11.6. The monoisotopic (exact) mass is 217 g/mol. The summed E-state index contributed by atoms with van der Waals surface area (Å²) < 4.78 is 4.79. The third kappa shape index (κ3) is 1.99. The molecule has 0 amide bonds. The molecule has 0 aromatic heterocycles. The second-order valence-electron chi connectivity index (χ2n) is 3.91. The van der Waals surface area contributed by atoms with Gasteiger partial charge < -0.3 is 4.74 Å². The fourth-order valence-corrected chi connectivity index (χ4v) is 1.99. The van der Waals surface area contributed by atoms with Gasteiger partial charge in [-0.2, -0.15) is 0 Å². The molecule has 0 saturated carbocycles. The van der Waals surface area contributed by atoms with Gasteiger partial charge in [0.1, 0.15) is 0 Å². The smallest absolute Gasteiger partial charge is 0.335 e. The number of hydrogen-bond acceptors (Lipinski definition) is 3. The SMILES string of the molecule is COC(=O)C1=C[C@@H](C)N[C@H]1c1ccccc1. The highest BCUT2D eigenvalue weighted by atomic mass is 16.5. The van der Waals surface area contributed by atoms with E-state index in [-0.39, 0.29) is 18.1 Å². The highest BCUT2D eigenvalue weighted by molar-refractivity contribution is 5.90. The molecule has 0 saturated heterocycles. The Labute approximate surface area is 95.1 Å². The molecule has 1 N–H and O–H groups in total. The lowest BCUT2D eigenvalue weighted by Gasteiger charge is -2.15. The normalized spacial score (nSPS) is 24.0. The molecular weight excluding hydrogens is 202 g/mol. The minimum atomic E-state index is -0.259. The first-order chi connectivity index (χ1) is 7.72. The van der Waals surface area contributed by atoms with Gasteiger partial charge in [0.2, 0.25) is 0 Å². The summed E-state index contributed by atoms with van der Waals surface area (Å²) in [4.78, 5) is 11.6. The highest BCUT2D eigenvalue weighted by Crippen LogP contribution is 2.28. The van der Waals surface area contributed by atoms with Gasteiger partial charge in [0.15, 0.2) is 0 Å². The number of methoxy groups -OCH3 is 1. The van der Waals surface area contributed by atoms with Crippen molar-refractivity contribution in [1.82, 2.24) is 5.32 Å². The van der Waals surface area contributed by atoms with Gasteiger partial charge in [-0.3, -0.25) is 5.32 Å². The van der Waals surface area contributed by atoms with Gasteiger partial charge in [0.25, 0.3) is 0 Å². The first-order valence-electron chi connectivity index (χ1n) is 5.33. The molecule has 1 heterocycles. The summed E-state index contributed by atoms with van der Waals surface area (Å²) in [7, 11) is 1.41. The fourth-order valence-electron chi connectivity index (χ4n) is 1.99. The van der Waals surface area contributed by atoms with Crippen molar-refractivity contribution in [1.29, 1.82) is 0 Å². The predicted octanol–water partition coefficient (Wildman–Crippen LogP) is 1.82. The lowest BCUT2D eigenvalue weighted by atomic mass is 10.0. The van der Waals surface area contributed by atoms with Gasteiger partial charge in [0.05, 0.1) is 18.7 Å². The number of ether oxygens (including phenoxy) is 1. The van der Waals surface area contributed by atoms with Crippen molar-refractivity contribution in [3.63, 3.8) is 0 Å². The summed E-state index contributed by atoms with van der Waals surface area (Å²) in [5.74, 6) is -0.259. The van der Waals surface area contributed by atoms with Crippen LogP contribution in [0.5, 0.6) is 0 Å². The van der Waals surface area contributed by atoms with Crippen molar-refractivity contribution in [2.24, 2.45) is 0 Å². The summed E-state index contributed by atoms with van der Waals surface area (Å²) in [5, 5.41) is 3.34. The van der Waals surface area contributed by atoms with Gasteiger partial charge in [-0.15, -0.1) is 0 Å². The van der Waals surface area contributed by atoms with Crippen molar-refractivity contribution in [2.45, 2.75) is 19.0 Å². The van der Waals surface area contributed by atoms with Crippen LogP contribution in [0, 0.1) is 0 Å². The van der Waals surface area contributed by atoms with Gasteiger partial charge in [-0.1, -0.05) is 36.4 Å². The van der Waals surface area contributed by atoms with Crippen LogP contribution >= 0.6 is 0 Å². The zero-order valence-corrected chi connectivity index (χ0v) is 9.44. The molecular formula is C13H15NO2. The second-order valence-corrected chi connectivity index (χ2v) is 3.91. The van der Waals surface area contributed by atoms with Crippen molar-refractivity contribution in [3.05, 3.63) is 47.5 Å². The molecule has 0 unspecified atom stereocenters. The van der Waals surface area contributed by atoms with Crippen LogP contribution in [0.3, 0.4) is 0 Å². The van der Waals surface area contributed by atoms with E-state index in [0.717, 1.165) is 5.56 Å². The summed E-state index contributed by atoms with van der Waals surface area (Å²) in [5.41, 5.74) is 1.78. The maximum atomic E-state index is 11.6. The molecule has 1 aromatic rings. The van der Waals surface area contributed by atoms with E-state index in [4.69, 9.17) is 4.74 Å². The number of esters is 1. The van der Waals surface area contributed by atoms with E-state index in [1.165, 1.54) is 7.11 Å². The molecule has 1 aliphatic heterocycles. The van der Waals surface area contributed by atoms with E-state index in [9.17, 15) is 4.79 Å². The van der Waals surface area contributed by atoms with E-state index in [1.54, 1.807) is 0 Å². The molecule has 0 radical (unpaired) electrons. The predicted molar refractivity (Wildman–Crippen MR) is 61.9 cm³/mol. The number of nitrogens with one attached hydrogen (secondary N) is 1. The minimum absolute atomic E-state index is 0.0522. The second kappa shape index (κ2) is 4.49. The largest absolute Gasteiger partial charge is 0.466 e. The number of rotatable bonds is 2. The van der Waals surface area contributed by atoms with Crippen molar-refractivity contribution in [2.75, 3.05) is 7.11 Å². The van der Waals surface area contributed by atoms with E-state index < -0.39 is 0 Å². The average molecular weight is 217 g/mol. The van der Waals surface area contributed by atoms with Crippen LogP contribution in [-0.2, 0) is 9.53 Å². The lowest BCUT2D eigenvalue weighted by Crippen LogP contribution is -2.24. The Bertz CT molecular complexity index is 411. The van der Waals surface area contributed by atoms with Crippen molar-refractivity contribution < 1.29 is 9.53 Å². The first kappa shape index (κ1) is 10.9. The molecule has 3 nitrogen and oxygen atoms in total. The van der Waals surface area contributed by atoms with Crippen LogP contribution in [0.15, 0.2) is 42.0 Å². The van der Waals surface area contributed by atoms with Crippen LogP contribution in [-0.4, -0.2) is 19.1 Å². The molecule has 0 fully saturated rings. The summed E-state index contributed by atoms with van der Waals surface area (Å²) in [6.07, 6.45) is 1.92. The highest BCUT2D eigenvalue weighted by Gasteiger charge is 2.29. The van der Waals surface area contributed by atoms with E-state index >= 15 is 0 Å². The Morgan fingerprint density at radius 2 is 2.00 bits per heavy atom. The van der Waals surface area contributed by atoms with Gasteiger partial charge in [-0.05, 0) is 12.5 Å². The average Bonchev–Trinajstić information content (AvgIpc) is 2.71. The Morgan fingerprint density at radius 3 is 2.62 bits per heavy atom. The molecule has 84 valence electrons. The molecule has 3 heteroatoms. The Kier molecular flexibility index (Phi) is 3.06. The van der Waals surface area contributed by atoms with E-state index in [0.29, 0.717) is 5.57 Å². The molecule has 2 atom stereocenters. The van der Waals surface area contributed by atoms with E-state index in [2.05, 4.69) is 5.32 Å². The third-order valence-corrected chi connectivity index (χ3v) is 2.72. The molecule has 1 aromatic carbocycles. The van der Waals surface area contributed by atoms with Gasteiger partial charge in [-0.25, -0.2) is 4.79 Å². The number of carbonyl (C=O) groups is 1. The molecule has 2 rings (SSSR count). The number of benzene rings is 1. The summed E-state index contributed by atoms with van der Waals surface area (Å²) in [6.45, 7) is 2.02. The Balaban J connectivity index is 2.29. The summed E-state index contributed by atoms with van der Waals surface area (Å²) >= 11 is 0. The van der Waals surface area contributed by atoms with Crippen LogP contribution in [0.2, 0.25) is 0 Å². The number of hydrogen-bond donors (Lipinski definition) is 1. The van der Waals surface area contributed by atoms with Gasteiger partial charge in [0, 0.05) is 6.04 Å². The minimum Gasteiger partial charge on any atom is -0.466 e. The third-order valence-electron chi connectivity index (χ3n) is 2.72. The molecule has 0 bridgehead atoms. The first-order valence-corrected chi connectivity index (χ1v) is 5.33. The maximum Gasteiger partial charge on any atom is 0.335 e. The number of carbonyl (C=O) groups excluding carboxylic acids is 1. The molecule has 0 aliphatic carbocycles. The molecule has 0 spiro atoms. The fraction of sp³-hybridized carbons (Fsp3) is 0.308. The van der Waals surface area contributed by atoms with Crippen LogP contribution < -0.4 is 5.32 Å². The molecule has 16 heavy (non-hydrogen) atoms. The van der Waals surface area contributed by atoms with E-state index in [1.807, 2.05) is 43.3 Å². The zero-order chi connectivity index (χ0) is 11.5. The van der Waals surface area contributed by atoms with Crippen LogP contribution in [0.1, 0.15) is 18.5 Å². The van der Waals surface area contributed by atoms with Crippen molar-refractivity contribution in [3.8, 4) is 0 Å². The topological polar surface area (TPSA) is 38.3 Å². The Morgan fingerprint density at radius 1 is 1.31 bits per heavy atom. The molecule has 1 aliphatic rings.